The van der Waals surface area contributed by atoms with Crippen LogP contribution < -0.4 is 4.80 Å². The third-order valence-electron chi connectivity index (χ3n) is 3.85. The van der Waals surface area contributed by atoms with Gasteiger partial charge in [-0.2, -0.15) is 4.99 Å². The quantitative estimate of drug-likeness (QED) is 0.778. The summed E-state index contributed by atoms with van der Waals surface area (Å²) in [6.45, 7) is 3.37. The summed E-state index contributed by atoms with van der Waals surface area (Å²) in [5.41, 5.74) is 1.79. The molecule has 7 heteroatoms. The Morgan fingerprint density at radius 3 is 2.52 bits per heavy atom. The number of carboxylic acids is 1. The molecule has 3 aromatic rings. The highest BCUT2D eigenvalue weighted by Crippen LogP contribution is 2.23. The highest BCUT2D eigenvalue weighted by atomic mass is 32.1. The van der Waals surface area contributed by atoms with Gasteiger partial charge in [0.15, 0.2) is 4.80 Å². The van der Waals surface area contributed by atoms with Gasteiger partial charge in [-0.05, 0) is 38.1 Å². The van der Waals surface area contributed by atoms with Gasteiger partial charge < -0.3 is 9.67 Å². The molecule has 25 heavy (non-hydrogen) atoms. The molecule has 1 amide bonds. The van der Waals surface area contributed by atoms with Gasteiger partial charge in [0.05, 0.1) is 10.2 Å². The Labute approximate surface area is 146 Å². The molecular weight excluding hydrogens is 343 g/mol. The van der Waals surface area contributed by atoms with E-state index in [0.717, 1.165) is 16.9 Å². The number of carbonyl (C=O) groups excluding carboxylic acids is 1. The molecule has 1 unspecified atom stereocenters. The van der Waals surface area contributed by atoms with Crippen molar-refractivity contribution in [3.8, 4) is 0 Å². The van der Waals surface area contributed by atoms with E-state index in [1.165, 1.54) is 23.6 Å². The number of halogens is 1. The van der Waals surface area contributed by atoms with Gasteiger partial charge in [0.1, 0.15) is 11.9 Å². The fourth-order valence-corrected chi connectivity index (χ4v) is 3.54. The summed E-state index contributed by atoms with van der Waals surface area (Å²) in [5, 5.41) is 9.35. The standard InChI is InChI=1S/C18H15FN2O3S/c1-10-6-8-12(9-7-10)16(22)20-18-21(11(2)17(23)24)14-5-3-4-13(19)15(14)25-18/h3-9,11H,1-2H3,(H,23,24). The highest BCUT2D eigenvalue weighted by Gasteiger charge is 2.20. The summed E-state index contributed by atoms with van der Waals surface area (Å²) in [5.74, 6) is -2.07. The Morgan fingerprint density at radius 1 is 1.20 bits per heavy atom. The van der Waals surface area contributed by atoms with Crippen molar-refractivity contribution in [3.63, 3.8) is 0 Å². The van der Waals surface area contributed by atoms with Crippen molar-refractivity contribution >= 4 is 33.4 Å². The molecular formula is C18H15FN2O3S. The molecule has 0 bridgehead atoms. The second-order valence-corrected chi connectivity index (χ2v) is 6.62. The van der Waals surface area contributed by atoms with Gasteiger partial charge in [0.25, 0.3) is 5.91 Å². The number of carbonyl (C=O) groups is 2. The number of hydrogen-bond donors (Lipinski definition) is 1. The lowest BCUT2D eigenvalue weighted by atomic mass is 10.1. The first kappa shape index (κ1) is 17.0. The molecule has 0 saturated heterocycles. The summed E-state index contributed by atoms with van der Waals surface area (Å²) in [7, 11) is 0. The number of aromatic nitrogens is 1. The smallest absolute Gasteiger partial charge is 0.326 e. The lowest BCUT2D eigenvalue weighted by molar-refractivity contribution is -0.140. The van der Waals surface area contributed by atoms with Crippen LogP contribution >= 0.6 is 11.3 Å². The zero-order valence-corrected chi connectivity index (χ0v) is 14.4. The average molecular weight is 358 g/mol. The minimum absolute atomic E-state index is 0.153. The Balaban J connectivity index is 2.22. The van der Waals surface area contributed by atoms with E-state index in [0.29, 0.717) is 11.1 Å². The molecule has 1 heterocycles. The normalized spacial score (nSPS) is 13.2. The zero-order chi connectivity index (χ0) is 18.1. The van der Waals surface area contributed by atoms with Crippen LogP contribution in [0.1, 0.15) is 28.9 Å². The Kier molecular flexibility index (Phi) is 4.50. The van der Waals surface area contributed by atoms with Gasteiger partial charge in [-0.15, -0.1) is 0 Å². The summed E-state index contributed by atoms with van der Waals surface area (Å²) in [6, 6.07) is 10.3. The van der Waals surface area contributed by atoms with E-state index in [1.807, 2.05) is 6.92 Å². The molecule has 1 atom stereocenters. The van der Waals surface area contributed by atoms with Gasteiger partial charge in [-0.1, -0.05) is 35.1 Å². The Hall–Kier alpha value is -2.80. The fraction of sp³-hybridized carbons (Fsp3) is 0.167. The number of amides is 1. The van der Waals surface area contributed by atoms with Gasteiger partial charge in [-0.3, -0.25) is 4.79 Å². The van der Waals surface area contributed by atoms with Crippen molar-refractivity contribution in [2.45, 2.75) is 19.9 Å². The van der Waals surface area contributed by atoms with Crippen LogP contribution in [0.2, 0.25) is 0 Å². The lowest BCUT2D eigenvalue weighted by Gasteiger charge is -2.09. The first-order valence-electron chi connectivity index (χ1n) is 7.56. The molecule has 1 aromatic heterocycles. The number of nitrogens with zero attached hydrogens (tertiary/aromatic N) is 2. The van der Waals surface area contributed by atoms with Crippen LogP contribution in [-0.2, 0) is 4.79 Å². The van der Waals surface area contributed by atoms with E-state index in [9.17, 15) is 19.1 Å². The largest absolute Gasteiger partial charge is 0.480 e. The van der Waals surface area contributed by atoms with E-state index >= 15 is 0 Å². The minimum Gasteiger partial charge on any atom is -0.480 e. The molecule has 1 N–H and O–H groups in total. The molecule has 5 nitrogen and oxygen atoms in total. The molecule has 0 fully saturated rings. The predicted molar refractivity (Wildman–Crippen MR) is 93.2 cm³/mol. The average Bonchev–Trinajstić information content (AvgIpc) is 2.94. The summed E-state index contributed by atoms with van der Waals surface area (Å²) < 4.78 is 15.7. The van der Waals surface area contributed by atoms with Gasteiger partial charge in [-0.25, -0.2) is 9.18 Å². The fourth-order valence-electron chi connectivity index (χ4n) is 2.44. The van der Waals surface area contributed by atoms with Gasteiger partial charge in [0.2, 0.25) is 0 Å². The number of aliphatic carboxylic acids is 1. The van der Waals surface area contributed by atoms with Crippen LogP contribution in [0.15, 0.2) is 47.5 Å². The topological polar surface area (TPSA) is 71.7 Å². The molecule has 0 saturated carbocycles. The number of hydrogen-bond acceptors (Lipinski definition) is 3. The van der Waals surface area contributed by atoms with E-state index in [1.54, 1.807) is 30.3 Å². The molecule has 2 aromatic carbocycles. The van der Waals surface area contributed by atoms with Crippen LogP contribution in [0, 0.1) is 12.7 Å². The molecule has 0 aliphatic carbocycles. The van der Waals surface area contributed by atoms with E-state index < -0.39 is 23.7 Å². The summed E-state index contributed by atoms with van der Waals surface area (Å²) in [6.07, 6.45) is 0. The van der Waals surface area contributed by atoms with E-state index in [4.69, 9.17) is 0 Å². The number of benzene rings is 2. The first-order chi connectivity index (χ1) is 11.9. The van der Waals surface area contributed by atoms with Crippen molar-refractivity contribution < 1.29 is 19.1 Å². The van der Waals surface area contributed by atoms with Crippen molar-refractivity contribution in [2.24, 2.45) is 4.99 Å². The van der Waals surface area contributed by atoms with Crippen molar-refractivity contribution in [1.29, 1.82) is 0 Å². The van der Waals surface area contributed by atoms with Crippen LogP contribution in [-0.4, -0.2) is 21.6 Å². The predicted octanol–water partition coefficient (Wildman–Crippen LogP) is 3.54. The molecule has 128 valence electrons. The van der Waals surface area contributed by atoms with Crippen LogP contribution in [0.3, 0.4) is 0 Å². The highest BCUT2D eigenvalue weighted by molar-refractivity contribution is 7.16. The van der Waals surface area contributed by atoms with Crippen LogP contribution in [0.4, 0.5) is 4.39 Å². The molecule has 0 aliphatic rings. The van der Waals surface area contributed by atoms with Crippen molar-refractivity contribution in [2.75, 3.05) is 0 Å². The Bertz CT molecular complexity index is 1030. The van der Waals surface area contributed by atoms with Crippen molar-refractivity contribution in [1.82, 2.24) is 4.57 Å². The molecule has 0 radical (unpaired) electrons. The number of aryl methyl sites for hydroxylation is 1. The first-order valence-corrected chi connectivity index (χ1v) is 8.38. The third-order valence-corrected chi connectivity index (χ3v) is 4.92. The van der Waals surface area contributed by atoms with Gasteiger partial charge >= 0.3 is 5.97 Å². The van der Waals surface area contributed by atoms with Crippen molar-refractivity contribution in [3.05, 3.63) is 64.2 Å². The van der Waals surface area contributed by atoms with E-state index in [2.05, 4.69) is 4.99 Å². The number of carboxylic acid groups (broad SMARTS) is 1. The maximum absolute atomic E-state index is 14.1. The number of thiazole rings is 1. The van der Waals surface area contributed by atoms with E-state index in [-0.39, 0.29) is 9.50 Å². The second kappa shape index (κ2) is 6.60. The number of fused-ring (bicyclic) bond motifs is 1. The molecule has 3 rings (SSSR count). The summed E-state index contributed by atoms with van der Waals surface area (Å²) >= 11 is 0.960. The SMILES string of the molecule is Cc1ccc(C(=O)N=c2sc3c(F)cccc3n2C(C)C(=O)O)cc1. The van der Waals surface area contributed by atoms with Crippen LogP contribution in [0.25, 0.3) is 10.2 Å². The minimum atomic E-state index is -1.09. The van der Waals surface area contributed by atoms with Crippen LogP contribution in [0.5, 0.6) is 0 Å². The second-order valence-electron chi connectivity index (χ2n) is 5.64. The Morgan fingerprint density at radius 2 is 1.88 bits per heavy atom. The summed E-state index contributed by atoms with van der Waals surface area (Å²) in [4.78, 5) is 28.1. The maximum atomic E-state index is 14.1. The maximum Gasteiger partial charge on any atom is 0.326 e. The number of rotatable bonds is 3. The molecule has 0 aliphatic heterocycles. The zero-order valence-electron chi connectivity index (χ0n) is 13.6. The molecule has 0 spiro atoms. The monoisotopic (exact) mass is 358 g/mol. The van der Waals surface area contributed by atoms with Gasteiger partial charge in [0, 0.05) is 5.56 Å². The lowest BCUT2D eigenvalue weighted by Crippen LogP contribution is -2.25. The third kappa shape index (κ3) is 3.23.